The van der Waals surface area contributed by atoms with E-state index in [2.05, 4.69) is 0 Å². The van der Waals surface area contributed by atoms with E-state index in [0.717, 1.165) is 12.1 Å². The van der Waals surface area contributed by atoms with Crippen molar-refractivity contribution in [3.8, 4) is 11.5 Å². The Hall–Kier alpha value is -3.36. The van der Waals surface area contributed by atoms with Gasteiger partial charge in [0.15, 0.2) is 0 Å². The van der Waals surface area contributed by atoms with Crippen LogP contribution >= 0.6 is 0 Å². The number of nitrogens with zero attached hydrogens (tertiary/aromatic N) is 2. The van der Waals surface area contributed by atoms with Gasteiger partial charge in [0.25, 0.3) is 11.4 Å². The van der Waals surface area contributed by atoms with E-state index in [1.165, 1.54) is 43.5 Å². The summed E-state index contributed by atoms with van der Waals surface area (Å²) >= 11 is 0. The van der Waals surface area contributed by atoms with Crippen molar-refractivity contribution in [1.29, 1.82) is 0 Å². The van der Waals surface area contributed by atoms with E-state index in [-0.39, 0.29) is 28.6 Å². The fourth-order valence-corrected chi connectivity index (χ4v) is 1.48. The third kappa shape index (κ3) is 7.16. The Kier molecular flexibility index (Phi) is 7.14. The predicted octanol–water partition coefficient (Wildman–Crippen LogP) is 3.66. The average molecular weight is 349 g/mol. The third-order valence-corrected chi connectivity index (χ3v) is 2.95. The zero-order chi connectivity index (χ0) is 19.0. The number of nitrogens with two attached hydrogens (primary N) is 1. The number of aryl methyl sites for hydroxylation is 1. The Morgan fingerprint density at radius 3 is 1.68 bits per heavy atom. The van der Waals surface area contributed by atoms with E-state index < -0.39 is 9.85 Å². The molecular formula is C16H19N3O6. The molecule has 0 spiro atoms. The summed E-state index contributed by atoms with van der Waals surface area (Å²) in [6.07, 6.45) is 4.50. The van der Waals surface area contributed by atoms with Gasteiger partial charge in [-0.15, -0.1) is 0 Å². The second-order valence-electron chi connectivity index (χ2n) is 5.29. The maximum Gasteiger partial charge on any atom is 0.295 e. The molecule has 9 heteroatoms. The lowest BCUT2D eigenvalue weighted by Gasteiger charge is -1.95. The lowest BCUT2D eigenvalue weighted by atomic mass is 10.2. The quantitative estimate of drug-likeness (QED) is 0.323. The highest BCUT2D eigenvalue weighted by molar-refractivity contribution is 5.60. The Bertz CT molecular complexity index is 697. The fourth-order valence-electron chi connectivity index (χ4n) is 1.48. The van der Waals surface area contributed by atoms with Crippen molar-refractivity contribution in [3.05, 3.63) is 62.2 Å². The third-order valence-electron chi connectivity index (χ3n) is 2.95. The molecule has 0 radical (unpaired) electrons. The molecule has 0 aromatic heterocycles. The first-order valence-electron chi connectivity index (χ1n) is 7.39. The van der Waals surface area contributed by atoms with Gasteiger partial charge in [0.05, 0.1) is 22.0 Å². The van der Waals surface area contributed by atoms with E-state index in [9.17, 15) is 20.2 Å². The van der Waals surface area contributed by atoms with Gasteiger partial charge in [-0.25, -0.2) is 0 Å². The molecule has 0 saturated heterocycles. The Labute approximate surface area is 143 Å². The van der Waals surface area contributed by atoms with Crippen molar-refractivity contribution in [2.45, 2.75) is 26.2 Å². The number of phenols is 2. The van der Waals surface area contributed by atoms with E-state index in [4.69, 9.17) is 15.9 Å². The van der Waals surface area contributed by atoms with Gasteiger partial charge in [0, 0.05) is 5.56 Å². The van der Waals surface area contributed by atoms with Crippen LogP contribution in [0.1, 0.15) is 24.8 Å². The SMILES string of the molecule is C1CC1.Cc1ccc(O)cc1[N+](=O)[O-].Nc1ccc(O)cc1[N+](=O)[O-]. The molecule has 25 heavy (non-hydrogen) atoms. The lowest BCUT2D eigenvalue weighted by molar-refractivity contribution is -0.385. The standard InChI is InChI=1S/C7H7NO3.C6H6N2O3.C3H6/c1-5-2-3-6(9)4-7(5)8(10)11;7-5-2-1-4(9)3-6(5)8(10)11;1-2-3-1/h2-4,9H,1H3;1-3,9H,7H2;1-3H2. The highest BCUT2D eigenvalue weighted by Gasteiger charge is 2.11. The summed E-state index contributed by atoms with van der Waals surface area (Å²) in [7, 11) is 0. The largest absolute Gasteiger partial charge is 0.508 e. The molecular weight excluding hydrogens is 330 g/mol. The fraction of sp³-hybridized carbons (Fsp3) is 0.250. The zero-order valence-electron chi connectivity index (χ0n) is 13.6. The van der Waals surface area contributed by atoms with Crippen LogP contribution in [0.15, 0.2) is 36.4 Å². The molecule has 0 heterocycles. The zero-order valence-corrected chi connectivity index (χ0v) is 13.6. The molecule has 0 bridgehead atoms. The number of aromatic hydroxyl groups is 2. The minimum Gasteiger partial charge on any atom is -0.508 e. The van der Waals surface area contributed by atoms with Gasteiger partial charge in [-0.3, -0.25) is 20.2 Å². The van der Waals surface area contributed by atoms with Crippen molar-refractivity contribution in [3.63, 3.8) is 0 Å². The Morgan fingerprint density at radius 2 is 1.32 bits per heavy atom. The number of rotatable bonds is 2. The molecule has 0 aliphatic heterocycles. The summed E-state index contributed by atoms with van der Waals surface area (Å²) in [6, 6.07) is 7.65. The molecule has 1 saturated carbocycles. The van der Waals surface area contributed by atoms with E-state index in [0.29, 0.717) is 5.56 Å². The Balaban J connectivity index is 0.000000213. The van der Waals surface area contributed by atoms with Crippen LogP contribution in [-0.4, -0.2) is 20.1 Å². The van der Waals surface area contributed by atoms with E-state index in [1.807, 2.05) is 0 Å². The number of nitro groups is 2. The number of hydrogen-bond donors (Lipinski definition) is 3. The minimum absolute atomic E-state index is 0.0489. The number of nitrogen functional groups attached to an aromatic ring is 1. The molecule has 134 valence electrons. The van der Waals surface area contributed by atoms with Crippen LogP contribution in [0.4, 0.5) is 17.1 Å². The molecule has 1 aliphatic carbocycles. The number of benzene rings is 2. The molecule has 2 aromatic rings. The maximum absolute atomic E-state index is 10.3. The van der Waals surface area contributed by atoms with Crippen LogP contribution in [-0.2, 0) is 0 Å². The van der Waals surface area contributed by atoms with Crippen molar-refractivity contribution >= 4 is 17.1 Å². The van der Waals surface area contributed by atoms with Crippen molar-refractivity contribution in [2.24, 2.45) is 0 Å². The van der Waals surface area contributed by atoms with Gasteiger partial charge in [-0.1, -0.05) is 19.3 Å². The second kappa shape index (κ2) is 9.06. The lowest BCUT2D eigenvalue weighted by Crippen LogP contribution is -1.94. The van der Waals surface area contributed by atoms with E-state index >= 15 is 0 Å². The molecule has 2 aromatic carbocycles. The number of nitro benzene ring substituents is 2. The average Bonchev–Trinajstić information content (AvgIpc) is 3.41. The second-order valence-corrected chi connectivity index (χ2v) is 5.29. The topological polar surface area (TPSA) is 153 Å². The van der Waals surface area contributed by atoms with Gasteiger partial charge in [-0.2, -0.15) is 0 Å². The molecule has 0 unspecified atom stereocenters. The van der Waals surface area contributed by atoms with E-state index in [1.54, 1.807) is 6.92 Å². The predicted molar refractivity (Wildman–Crippen MR) is 92.5 cm³/mol. The van der Waals surface area contributed by atoms with Gasteiger partial charge < -0.3 is 15.9 Å². The first kappa shape index (κ1) is 19.7. The summed E-state index contributed by atoms with van der Waals surface area (Å²) in [5, 5.41) is 38.2. The van der Waals surface area contributed by atoms with Crippen molar-refractivity contribution in [2.75, 3.05) is 5.73 Å². The maximum atomic E-state index is 10.3. The highest BCUT2D eigenvalue weighted by atomic mass is 16.6. The molecule has 9 nitrogen and oxygen atoms in total. The summed E-state index contributed by atoms with van der Waals surface area (Å²) in [6.45, 7) is 1.62. The van der Waals surface area contributed by atoms with Gasteiger partial charge in [0.2, 0.25) is 0 Å². The number of hydrogen-bond acceptors (Lipinski definition) is 7. The first-order chi connectivity index (χ1) is 11.7. The molecule has 0 atom stereocenters. The molecule has 1 aliphatic rings. The number of phenolic OH excluding ortho intramolecular Hbond substituents is 2. The molecule has 4 N–H and O–H groups in total. The Morgan fingerprint density at radius 1 is 0.880 bits per heavy atom. The smallest absolute Gasteiger partial charge is 0.295 e. The van der Waals surface area contributed by atoms with Crippen LogP contribution in [0.5, 0.6) is 11.5 Å². The number of anilines is 1. The van der Waals surface area contributed by atoms with Crippen LogP contribution < -0.4 is 5.73 Å². The summed E-state index contributed by atoms with van der Waals surface area (Å²) in [5.74, 6) is -0.242. The summed E-state index contributed by atoms with van der Waals surface area (Å²) < 4.78 is 0. The van der Waals surface area contributed by atoms with Gasteiger partial charge in [0.1, 0.15) is 17.2 Å². The highest BCUT2D eigenvalue weighted by Crippen LogP contribution is 2.25. The van der Waals surface area contributed by atoms with Crippen LogP contribution in [0, 0.1) is 27.2 Å². The first-order valence-corrected chi connectivity index (χ1v) is 7.39. The summed E-state index contributed by atoms with van der Waals surface area (Å²) in [4.78, 5) is 19.3. The summed E-state index contributed by atoms with van der Waals surface area (Å²) in [5.41, 5.74) is 5.51. The molecule has 3 rings (SSSR count). The van der Waals surface area contributed by atoms with Gasteiger partial charge in [-0.05, 0) is 31.2 Å². The van der Waals surface area contributed by atoms with Crippen molar-refractivity contribution < 1.29 is 20.1 Å². The van der Waals surface area contributed by atoms with Crippen LogP contribution in [0.3, 0.4) is 0 Å². The van der Waals surface area contributed by atoms with Crippen LogP contribution in [0.25, 0.3) is 0 Å². The monoisotopic (exact) mass is 349 g/mol. The molecule has 1 fully saturated rings. The van der Waals surface area contributed by atoms with Crippen molar-refractivity contribution in [1.82, 2.24) is 0 Å². The normalized spacial score (nSPS) is 11.2. The van der Waals surface area contributed by atoms with Crippen LogP contribution in [0.2, 0.25) is 0 Å². The van der Waals surface area contributed by atoms with Gasteiger partial charge >= 0.3 is 0 Å². The molecule has 0 amide bonds. The minimum atomic E-state index is -0.644.